The van der Waals surface area contributed by atoms with Crippen LogP contribution in [0.4, 0.5) is 4.79 Å². The molecule has 0 radical (unpaired) electrons. The number of nitrogens with two attached hydrogens (primary N) is 1. The average molecular weight is 617 g/mol. The second-order valence-corrected chi connectivity index (χ2v) is 11.2. The zero-order chi connectivity index (χ0) is 32.0. The second kappa shape index (κ2) is 17.8. The first-order valence-electron chi connectivity index (χ1n) is 14.6. The highest BCUT2D eigenvalue weighted by Gasteiger charge is 2.50. The fourth-order valence-corrected chi connectivity index (χ4v) is 4.49. The van der Waals surface area contributed by atoms with Crippen LogP contribution in [-0.4, -0.2) is 54.2 Å². The van der Waals surface area contributed by atoms with E-state index >= 15 is 0 Å². The summed E-state index contributed by atoms with van der Waals surface area (Å²) in [7, 11) is 0. The van der Waals surface area contributed by atoms with E-state index in [1.807, 2.05) is 91.0 Å². The van der Waals surface area contributed by atoms with Crippen molar-refractivity contribution < 1.29 is 28.6 Å². The third-order valence-electron chi connectivity index (χ3n) is 7.51. The van der Waals surface area contributed by atoms with Crippen molar-refractivity contribution in [3.63, 3.8) is 0 Å². The molecule has 10 nitrogen and oxygen atoms in total. The first kappa shape index (κ1) is 36.8. The number of nitrogens with one attached hydrogen (secondary N) is 1. The second-order valence-electron chi connectivity index (χ2n) is 11.2. The van der Waals surface area contributed by atoms with E-state index < -0.39 is 29.4 Å². The molecule has 2 saturated heterocycles. The lowest BCUT2D eigenvalue weighted by Gasteiger charge is -2.19. The van der Waals surface area contributed by atoms with Crippen LogP contribution in [0, 0.1) is 10.8 Å². The molecule has 0 saturated carbocycles. The molecule has 3 aromatic carbocycles. The third kappa shape index (κ3) is 11.9. The average Bonchev–Trinajstić information content (AvgIpc) is 4.01. The Morgan fingerprint density at radius 2 is 1.16 bits per heavy atom. The maximum atomic E-state index is 12.7. The number of carbonyl (C=O) groups excluding carboxylic acids is 3. The Morgan fingerprint density at radius 3 is 1.60 bits per heavy atom. The maximum absolute atomic E-state index is 12.7. The lowest BCUT2D eigenvalue weighted by atomic mass is 9.95. The van der Waals surface area contributed by atoms with Crippen LogP contribution in [0.2, 0.25) is 0 Å². The summed E-state index contributed by atoms with van der Waals surface area (Å²) in [6.07, 6.45) is 2.12. The Morgan fingerprint density at radius 1 is 0.756 bits per heavy atom. The van der Waals surface area contributed by atoms with Gasteiger partial charge in [0, 0.05) is 10.8 Å². The number of aryl methyl sites for hydroxylation is 2. The molecular formula is C35H44N4O6. The fourth-order valence-electron chi connectivity index (χ4n) is 4.49. The van der Waals surface area contributed by atoms with Gasteiger partial charge in [-0.05, 0) is 56.2 Å². The number of nitrogens with zero attached hydrogens (tertiary/aromatic N) is 2. The molecule has 2 heterocycles. The largest absolute Gasteiger partial charge is 0.445 e. The van der Waals surface area contributed by atoms with Crippen LogP contribution in [0.1, 0.15) is 50.8 Å². The Hall–Kier alpha value is -4.43. The van der Waals surface area contributed by atoms with E-state index in [1.54, 1.807) is 13.8 Å². The number of benzene rings is 3. The number of carbonyl (C=O) groups is 3. The molecule has 10 heteroatoms. The van der Waals surface area contributed by atoms with Gasteiger partial charge in [0.25, 0.3) is 0 Å². The number of amides is 1. The highest BCUT2D eigenvalue weighted by Crippen LogP contribution is 2.30. The van der Waals surface area contributed by atoms with E-state index in [9.17, 15) is 14.4 Å². The molecule has 240 valence electrons. The normalized spacial score (nSPS) is 20.2. The van der Waals surface area contributed by atoms with Crippen LogP contribution < -0.4 is 11.1 Å². The van der Waals surface area contributed by atoms with E-state index in [2.05, 4.69) is 5.32 Å². The van der Waals surface area contributed by atoms with E-state index in [1.165, 1.54) is 5.56 Å². The summed E-state index contributed by atoms with van der Waals surface area (Å²) in [5.41, 5.74) is 7.72. The van der Waals surface area contributed by atoms with Crippen LogP contribution in [0.15, 0.2) is 91.0 Å². The molecule has 3 aromatic rings. The fraction of sp³-hybridized carbons (Fsp3) is 0.400. The molecule has 45 heavy (non-hydrogen) atoms. The highest BCUT2D eigenvalue weighted by molar-refractivity contribution is 5.95. The molecule has 2 fully saturated rings. The first-order valence-corrected chi connectivity index (χ1v) is 14.6. The van der Waals surface area contributed by atoms with Gasteiger partial charge >= 0.3 is 6.09 Å². The van der Waals surface area contributed by atoms with Gasteiger partial charge in [0.1, 0.15) is 17.8 Å². The summed E-state index contributed by atoms with van der Waals surface area (Å²) in [6, 6.07) is 28.3. The molecule has 0 spiro atoms. The Labute approximate surface area is 265 Å². The van der Waals surface area contributed by atoms with Gasteiger partial charge in [-0.2, -0.15) is 0 Å². The number of rotatable bonds is 13. The molecule has 2 unspecified atom stereocenters. The summed E-state index contributed by atoms with van der Waals surface area (Å²) >= 11 is 0. The third-order valence-corrected chi connectivity index (χ3v) is 7.51. The summed E-state index contributed by atoms with van der Waals surface area (Å²) in [5, 5.41) is 14.7. The lowest BCUT2D eigenvalue weighted by Crippen LogP contribution is -2.46. The Bertz CT molecular complexity index is 1360. The van der Waals surface area contributed by atoms with E-state index in [0.717, 1.165) is 17.5 Å². The number of hydrogen-bond acceptors (Lipinski definition) is 9. The minimum Gasteiger partial charge on any atom is -0.445 e. The monoisotopic (exact) mass is 616 g/mol. The number of Topliss-reactive ketones (excluding diaryl/α,β-unsaturated/α-hetero) is 2. The van der Waals surface area contributed by atoms with Crippen molar-refractivity contribution in [2.75, 3.05) is 13.2 Å². The van der Waals surface area contributed by atoms with Gasteiger partial charge in [0.05, 0.1) is 25.3 Å². The number of hydrogen-bond donors (Lipinski definition) is 2. The van der Waals surface area contributed by atoms with E-state index in [0.29, 0.717) is 32.5 Å². The van der Waals surface area contributed by atoms with Gasteiger partial charge < -0.3 is 25.3 Å². The number of ketones is 2. The van der Waals surface area contributed by atoms with Crippen molar-refractivity contribution in [3.8, 4) is 0 Å². The Kier molecular flexibility index (Phi) is 14.5. The number of alkyl carbamates (subject to hydrolysis) is 1. The molecular weight excluding hydrogens is 572 g/mol. The van der Waals surface area contributed by atoms with Crippen molar-refractivity contribution in [2.45, 2.75) is 76.9 Å². The first-order chi connectivity index (χ1) is 21.2. The standard InChI is InChI=1S/C21H23NO4.C13H17NO2.CH4.N2/c1-21(15-26-21)19(23)18(13-12-16-8-4-2-5-9-16)22-20(24)25-14-17-10-6-3-7-11-17;1-13(9-16-13)12(15)11(14)8-7-10-5-3-2-4-6-10;;1-2/h2-11,18H,12-15H2,1H3,(H,22,24);2-6,11H,7-9,14H2,1H3;1H4;/t18?,21-;11?,13-;;/m11../s1. The lowest BCUT2D eigenvalue weighted by molar-refractivity contribution is -0.126. The van der Waals surface area contributed by atoms with Gasteiger partial charge in [-0.3, -0.25) is 9.59 Å². The zero-order valence-electron chi connectivity index (χ0n) is 25.2. The van der Waals surface area contributed by atoms with Crippen molar-refractivity contribution >= 4 is 17.7 Å². The summed E-state index contributed by atoms with van der Waals surface area (Å²) in [5.74, 6) is -0.0754. The predicted octanol–water partition coefficient (Wildman–Crippen LogP) is 5.24. The maximum Gasteiger partial charge on any atom is 0.408 e. The molecule has 0 aliphatic carbocycles. The highest BCUT2D eigenvalue weighted by atomic mass is 16.6. The molecule has 0 bridgehead atoms. The quantitative estimate of drug-likeness (QED) is 0.192. The summed E-state index contributed by atoms with van der Waals surface area (Å²) in [6.45, 7) is 4.64. The Balaban J connectivity index is 0.000000319. The van der Waals surface area contributed by atoms with Crippen LogP contribution in [0.3, 0.4) is 0 Å². The topological polar surface area (TPSA) is 171 Å². The van der Waals surface area contributed by atoms with Gasteiger partial charge in [-0.15, -0.1) is 0 Å². The predicted molar refractivity (Wildman–Crippen MR) is 170 cm³/mol. The van der Waals surface area contributed by atoms with Crippen molar-refractivity contribution in [1.82, 2.24) is 5.32 Å². The molecule has 0 aromatic heterocycles. The zero-order valence-corrected chi connectivity index (χ0v) is 25.2. The van der Waals surface area contributed by atoms with Crippen LogP contribution in [0.5, 0.6) is 0 Å². The molecule has 5 rings (SSSR count). The van der Waals surface area contributed by atoms with Crippen molar-refractivity contribution in [1.29, 1.82) is 10.8 Å². The summed E-state index contributed by atoms with van der Waals surface area (Å²) < 4.78 is 15.6. The van der Waals surface area contributed by atoms with Gasteiger partial charge in [0.15, 0.2) is 11.6 Å². The molecule has 2 aliphatic heterocycles. The molecule has 2 aliphatic rings. The minimum atomic E-state index is -0.784. The van der Waals surface area contributed by atoms with E-state index in [4.69, 9.17) is 30.7 Å². The van der Waals surface area contributed by atoms with Gasteiger partial charge in [-0.1, -0.05) is 98.4 Å². The van der Waals surface area contributed by atoms with E-state index in [-0.39, 0.29) is 25.6 Å². The summed E-state index contributed by atoms with van der Waals surface area (Å²) in [4.78, 5) is 36.6. The van der Waals surface area contributed by atoms with Crippen molar-refractivity contribution in [3.05, 3.63) is 108 Å². The van der Waals surface area contributed by atoms with Gasteiger partial charge in [-0.25, -0.2) is 4.79 Å². The minimum absolute atomic E-state index is 0. The molecule has 4 atom stereocenters. The molecule has 1 amide bonds. The molecule has 3 N–H and O–H groups in total. The van der Waals surface area contributed by atoms with Crippen LogP contribution >= 0.6 is 0 Å². The van der Waals surface area contributed by atoms with Gasteiger partial charge in [0.2, 0.25) is 0 Å². The smallest absolute Gasteiger partial charge is 0.408 e. The van der Waals surface area contributed by atoms with Crippen LogP contribution in [0.25, 0.3) is 0 Å². The SMILES string of the molecule is C.C[C@]1(C(=O)C(CCc2ccccc2)NC(=O)OCc2ccccc2)CO1.C[C@]1(C(=O)C(N)CCc2ccccc2)CO1.N#N. The van der Waals surface area contributed by atoms with Crippen LogP contribution in [-0.2, 0) is 43.2 Å². The number of epoxide rings is 2. The van der Waals surface area contributed by atoms with Crippen molar-refractivity contribution in [2.24, 2.45) is 5.73 Å². The number of ether oxygens (including phenoxy) is 3.